The Bertz CT molecular complexity index is 849. The molecule has 0 aliphatic carbocycles. The van der Waals surface area contributed by atoms with Crippen molar-refractivity contribution in [3.8, 4) is 11.5 Å². The van der Waals surface area contributed by atoms with Gasteiger partial charge in [-0.3, -0.25) is 9.59 Å². The summed E-state index contributed by atoms with van der Waals surface area (Å²) in [5.41, 5.74) is 0.298. The molecule has 0 bridgehead atoms. The Hall–Kier alpha value is -3.16. The molecule has 0 heterocycles. The van der Waals surface area contributed by atoms with Gasteiger partial charge >= 0.3 is 0 Å². The zero-order valence-electron chi connectivity index (χ0n) is 16.7. The molecular weight excluding hydrogens is 382 g/mol. The van der Waals surface area contributed by atoms with Crippen molar-refractivity contribution in [2.75, 3.05) is 19.5 Å². The van der Waals surface area contributed by atoms with Gasteiger partial charge in [0.2, 0.25) is 5.91 Å². The molecule has 2 rings (SSSR count). The Morgan fingerprint density at radius 1 is 0.966 bits per heavy atom. The lowest BCUT2D eigenvalue weighted by Crippen LogP contribution is -2.47. The molecule has 0 fully saturated rings. The highest BCUT2D eigenvalue weighted by molar-refractivity contribution is 6.01. The van der Waals surface area contributed by atoms with Gasteiger partial charge in [0, 0.05) is 22.9 Å². The second kappa shape index (κ2) is 9.86. The van der Waals surface area contributed by atoms with Gasteiger partial charge in [0.05, 0.1) is 14.2 Å². The van der Waals surface area contributed by atoms with Crippen molar-refractivity contribution in [1.29, 1.82) is 0 Å². The number of hydrogen-bond donors (Lipinski definition) is 2. The summed E-state index contributed by atoms with van der Waals surface area (Å²) in [6.07, 6.45) is -2.64. The van der Waals surface area contributed by atoms with Crippen LogP contribution in [-0.4, -0.2) is 32.1 Å². The maximum absolute atomic E-state index is 12.9. The molecule has 6 nitrogen and oxygen atoms in total. The van der Waals surface area contributed by atoms with Gasteiger partial charge in [-0.1, -0.05) is 26.0 Å². The molecule has 29 heavy (non-hydrogen) atoms. The van der Waals surface area contributed by atoms with Crippen molar-refractivity contribution in [3.63, 3.8) is 0 Å². The normalized spacial score (nSPS) is 11.9. The first kappa shape index (κ1) is 22.1. The number of hydrogen-bond acceptors (Lipinski definition) is 4. The van der Waals surface area contributed by atoms with E-state index in [0.29, 0.717) is 11.5 Å². The number of alkyl halides is 2. The lowest BCUT2D eigenvalue weighted by molar-refractivity contribution is -0.118. The molecule has 0 saturated carbocycles. The van der Waals surface area contributed by atoms with Crippen LogP contribution in [0.25, 0.3) is 0 Å². The molecule has 2 aromatic carbocycles. The smallest absolute Gasteiger partial charge is 0.263 e. The van der Waals surface area contributed by atoms with Crippen LogP contribution in [0.5, 0.6) is 11.5 Å². The highest BCUT2D eigenvalue weighted by Crippen LogP contribution is 2.24. The fourth-order valence-electron chi connectivity index (χ4n) is 2.67. The van der Waals surface area contributed by atoms with Gasteiger partial charge in [0.1, 0.15) is 17.5 Å². The molecule has 2 aromatic rings. The largest absolute Gasteiger partial charge is 0.497 e. The summed E-state index contributed by atoms with van der Waals surface area (Å²) in [4.78, 5) is 25.4. The summed E-state index contributed by atoms with van der Waals surface area (Å²) < 4.78 is 36.0. The third-order valence-electron chi connectivity index (χ3n) is 4.26. The summed E-state index contributed by atoms with van der Waals surface area (Å²) in [7, 11) is 2.93. The first-order chi connectivity index (χ1) is 13.7. The summed E-state index contributed by atoms with van der Waals surface area (Å²) in [6.45, 7) is 3.54. The number of halogens is 2. The number of rotatable bonds is 8. The average Bonchev–Trinajstić information content (AvgIpc) is 2.71. The summed E-state index contributed by atoms with van der Waals surface area (Å²) in [5, 5.41) is 5.27. The molecule has 0 aliphatic heterocycles. The van der Waals surface area contributed by atoms with Crippen molar-refractivity contribution in [2.45, 2.75) is 26.3 Å². The Labute approximate surface area is 168 Å². The second-order valence-electron chi connectivity index (χ2n) is 6.71. The van der Waals surface area contributed by atoms with E-state index in [0.717, 1.165) is 0 Å². The molecule has 156 valence electrons. The van der Waals surface area contributed by atoms with E-state index >= 15 is 0 Å². The van der Waals surface area contributed by atoms with Gasteiger partial charge in [-0.15, -0.1) is 0 Å². The van der Waals surface area contributed by atoms with E-state index in [1.54, 1.807) is 19.9 Å². The van der Waals surface area contributed by atoms with Crippen LogP contribution >= 0.6 is 0 Å². The van der Waals surface area contributed by atoms with E-state index in [1.807, 2.05) is 0 Å². The first-order valence-electron chi connectivity index (χ1n) is 8.98. The van der Waals surface area contributed by atoms with E-state index in [9.17, 15) is 18.4 Å². The van der Waals surface area contributed by atoms with Gasteiger partial charge in [-0.25, -0.2) is 8.78 Å². The topological polar surface area (TPSA) is 76.7 Å². The van der Waals surface area contributed by atoms with Crippen molar-refractivity contribution < 1.29 is 27.8 Å². The zero-order chi connectivity index (χ0) is 21.6. The molecule has 1 atom stereocenters. The molecule has 0 aliphatic rings. The highest BCUT2D eigenvalue weighted by Gasteiger charge is 2.25. The van der Waals surface area contributed by atoms with Crippen LogP contribution in [0.3, 0.4) is 0 Å². The second-order valence-corrected chi connectivity index (χ2v) is 6.71. The van der Waals surface area contributed by atoms with Crippen LogP contribution < -0.4 is 20.1 Å². The van der Waals surface area contributed by atoms with Gasteiger partial charge in [-0.2, -0.15) is 0 Å². The van der Waals surface area contributed by atoms with Crippen LogP contribution in [-0.2, 0) is 4.79 Å². The Kier molecular flexibility index (Phi) is 7.52. The fourth-order valence-corrected chi connectivity index (χ4v) is 2.67. The van der Waals surface area contributed by atoms with Crippen molar-refractivity contribution in [1.82, 2.24) is 5.32 Å². The van der Waals surface area contributed by atoms with Crippen LogP contribution in [0.4, 0.5) is 14.5 Å². The van der Waals surface area contributed by atoms with Crippen LogP contribution in [0.1, 0.15) is 36.2 Å². The molecule has 1 unspecified atom stereocenters. The summed E-state index contributed by atoms with van der Waals surface area (Å²) in [6, 6.07) is 9.22. The number of amides is 2. The number of benzene rings is 2. The van der Waals surface area contributed by atoms with Gasteiger partial charge in [-0.05, 0) is 30.2 Å². The van der Waals surface area contributed by atoms with E-state index in [-0.39, 0.29) is 22.7 Å². The predicted octanol–water partition coefficient (Wildman–Crippen LogP) is 4.03. The van der Waals surface area contributed by atoms with Crippen LogP contribution in [0.2, 0.25) is 0 Å². The third-order valence-corrected chi connectivity index (χ3v) is 4.26. The molecule has 0 saturated heterocycles. The lowest BCUT2D eigenvalue weighted by Gasteiger charge is -2.22. The Morgan fingerprint density at radius 2 is 1.59 bits per heavy atom. The van der Waals surface area contributed by atoms with Crippen molar-refractivity contribution in [2.24, 2.45) is 5.92 Å². The SMILES string of the molecule is COc1cc(OC)cc(C(=O)NC(C(=O)Nc2cccc(C(F)F)c2)C(C)C)c1. The summed E-state index contributed by atoms with van der Waals surface area (Å²) in [5.74, 6) is -0.371. The molecule has 0 aromatic heterocycles. The molecular formula is C21H24F2N2O4. The standard InChI is InChI=1S/C21H24F2N2O4/c1-12(2)18(21(27)24-15-7-5-6-13(8-15)19(22)23)25-20(26)14-9-16(28-3)11-17(10-14)29-4/h5-12,18-19H,1-4H3,(H,24,27)(H,25,26). The number of methoxy groups -OCH3 is 2. The summed E-state index contributed by atoms with van der Waals surface area (Å²) >= 11 is 0. The van der Waals surface area contributed by atoms with Gasteiger partial charge < -0.3 is 20.1 Å². The number of nitrogens with one attached hydrogen (secondary N) is 2. The quantitative estimate of drug-likeness (QED) is 0.694. The third kappa shape index (κ3) is 5.91. The average molecular weight is 406 g/mol. The number of anilines is 1. The van der Waals surface area contributed by atoms with Crippen molar-refractivity contribution in [3.05, 3.63) is 53.6 Å². The first-order valence-corrected chi connectivity index (χ1v) is 8.98. The Balaban J connectivity index is 2.18. The van der Waals surface area contributed by atoms with E-state index in [4.69, 9.17) is 9.47 Å². The number of carbonyl (C=O) groups is 2. The molecule has 2 N–H and O–H groups in total. The van der Waals surface area contributed by atoms with E-state index < -0.39 is 24.3 Å². The maximum Gasteiger partial charge on any atom is 0.263 e. The number of ether oxygens (including phenoxy) is 2. The molecule has 8 heteroatoms. The van der Waals surface area contributed by atoms with Gasteiger partial charge in [0.25, 0.3) is 12.3 Å². The Morgan fingerprint density at radius 3 is 2.10 bits per heavy atom. The zero-order valence-corrected chi connectivity index (χ0v) is 16.7. The highest BCUT2D eigenvalue weighted by atomic mass is 19.3. The molecule has 2 amide bonds. The predicted molar refractivity (Wildman–Crippen MR) is 106 cm³/mol. The minimum Gasteiger partial charge on any atom is -0.497 e. The lowest BCUT2D eigenvalue weighted by atomic mass is 10.0. The van der Waals surface area contributed by atoms with Crippen LogP contribution in [0, 0.1) is 5.92 Å². The fraction of sp³-hybridized carbons (Fsp3) is 0.333. The van der Waals surface area contributed by atoms with Gasteiger partial charge in [0.15, 0.2) is 0 Å². The van der Waals surface area contributed by atoms with E-state index in [1.165, 1.54) is 50.6 Å². The minimum absolute atomic E-state index is 0.198. The van der Waals surface area contributed by atoms with E-state index in [2.05, 4.69) is 10.6 Å². The number of carbonyl (C=O) groups excluding carboxylic acids is 2. The molecule has 0 spiro atoms. The van der Waals surface area contributed by atoms with Crippen LogP contribution in [0.15, 0.2) is 42.5 Å². The van der Waals surface area contributed by atoms with Crippen molar-refractivity contribution >= 4 is 17.5 Å². The maximum atomic E-state index is 12.9. The monoisotopic (exact) mass is 406 g/mol. The minimum atomic E-state index is -2.64. The molecule has 0 radical (unpaired) electrons.